The summed E-state index contributed by atoms with van der Waals surface area (Å²) in [6.45, 7) is 3.21. The number of fused-ring (bicyclic) bond motifs is 1. The van der Waals surface area contributed by atoms with Crippen LogP contribution in [0.1, 0.15) is 24.6 Å². The number of anilines is 2. The lowest BCUT2D eigenvalue weighted by Crippen LogP contribution is -2.29. The summed E-state index contributed by atoms with van der Waals surface area (Å²) in [7, 11) is 3.30. The lowest BCUT2D eigenvalue weighted by atomic mass is 10.1. The average Bonchev–Trinajstić information content (AvgIpc) is 2.94. The molecule has 142 valence electrons. The molecule has 1 N–H and O–H groups in total. The van der Waals surface area contributed by atoms with Gasteiger partial charge in [0.15, 0.2) is 0 Å². The first-order chi connectivity index (χ1) is 13.1. The maximum absolute atomic E-state index is 12.8. The van der Waals surface area contributed by atoms with Crippen molar-refractivity contribution in [1.82, 2.24) is 24.1 Å². The normalized spacial score (nSPS) is 15.2. The summed E-state index contributed by atoms with van der Waals surface area (Å²) in [4.78, 5) is 25.6. The second-order valence-electron chi connectivity index (χ2n) is 6.59. The summed E-state index contributed by atoms with van der Waals surface area (Å²) >= 11 is 0. The van der Waals surface area contributed by atoms with Gasteiger partial charge in [-0.05, 0) is 19.8 Å². The summed E-state index contributed by atoms with van der Waals surface area (Å²) in [5.41, 5.74) is 3.12. The number of imidazole rings is 1. The van der Waals surface area contributed by atoms with Crippen molar-refractivity contribution >= 4 is 22.5 Å². The van der Waals surface area contributed by atoms with Crippen LogP contribution in [0.25, 0.3) is 11.0 Å². The Bertz CT molecular complexity index is 1040. The molecule has 1 saturated heterocycles. The quantitative estimate of drug-likeness (QED) is 0.750. The summed E-state index contributed by atoms with van der Waals surface area (Å²) in [6.07, 6.45) is 5.03. The van der Waals surface area contributed by atoms with Gasteiger partial charge in [-0.2, -0.15) is 4.98 Å². The monoisotopic (exact) mass is 370 g/mol. The Hall–Kier alpha value is -2.94. The predicted octanol–water partition coefficient (Wildman–Crippen LogP) is 1.94. The molecule has 4 rings (SSSR count). The van der Waals surface area contributed by atoms with Gasteiger partial charge in [0.25, 0.3) is 0 Å². The molecule has 3 aromatic rings. The number of hydrogen-bond acceptors (Lipinski definition) is 7. The van der Waals surface area contributed by atoms with Crippen molar-refractivity contribution in [3.63, 3.8) is 0 Å². The maximum Gasteiger partial charge on any atom is 0.329 e. The first-order valence-electron chi connectivity index (χ1n) is 8.88. The molecule has 0 aromatic carbocycles. The molecule has 1 aliphatic rings. The second-order valence-corrected chi connectivity index (χ2v) is 6.59. The highest BCUT2D eigenvalue weighted by atomic mass is 16.5. The minimum atomic E-state index is -0.0280. The van der Waals surface area contributed by atoms with Crippen molar-refractivity contribution in [2.45, 2.75) is 25.8 Å². The third-order valence-corrected chi connectivity index (χ3v) is 4.93. The fourth-order valence-corrected chi connectivity index (χ4v) is 3.43. The second kappa shape index (κ2) is 6.99. The number of hydrogen-bond donors (Lipinski definition) is 1. The summed E-state index contributed by atoms with van der Waals surface area (Å²) in [6, 6.07) is 2.35. The Morgan fingerprint density at radius 3 is 2.70 bits per heavy atom. The summed E-state index contributed by atoms with van der Waals surface area (Å²) in [5, 5.41) is 3.23. The fourth-order valence-electron chi connectivity index (χ4n) is 3.43. The van der Waals surface area contributed by atoms with Crippen LogP contribution < -0.4 is 15.7 Å². The van der Waals surface area contributed by atoms with E-state index in [0.29, 0.717) is 25.0 Å². The van der Waals surface area contributed by atoms with E-state index in [4.69, 9.17) is 9.47 Å². The molecule has 0 atom stereocenters. The standard InChI is InChI=1S/C18H22N6O3/c1-11-13(9-20-17(21-11)26-3)22-16-8-14-15(10-19-16)23(2)18(25)24(14)12-4-6-27-7-5-12/h8-10,12H,4-7H2,1-3H3,(H,19,22). The third kappa shape index (κ3) is 3.14. The van der Waals surface area contributed by atoms with Crippen LogP contribution in [0.2, 0.25) is 0 Å². The van der Waals surface area contributed by atoms with Gasteiger partial charge in [0.05, 0.1) is 41.9 Å². The lowest BCUT2D eigenvalue weighted by Gasteiger charge is -2.23. The Labute approximate surface area is 156 Å². The molecular formula is C18H22N6O3. The van der Waals surface area contributed by atoms with Crippen molar-refractivity contribution < 1.29 is 9.47 Å². The van der Waals surface area contributed by atoms with Crippen molar-refractivity contribution in [3.05, 3.63) is 34.6 Å². The van der Waals surface area contributed by atoms with E-state index in [9.17, 15) is 4.79 Å². The number of aromatic nitrogens is 5. The van der Waals surface area contributed by atoms with Crippen LogP contribution in [0.3, 0.4) is 0 Å². The highest BCUT2D eigenvalue weighted by Crippen LogP contribution is 2.26. The van der Waals surface area contributed by atoms with Crippen molar-refractivity contribution in [3.8, 4) is 6.01 Å². The topological polar surface area (TPSA) is 96.1 Å². The first-order valence-corrected chi connectivity index (χ1v) is 8.88. The van der Waals surface area contributed by atoms with E-state index in [1.165, 1.54) is 7.11 Å². The number of nitrogens with zero attached hydrogens (tertiary/aromatic N) is 5. The minimum Gasteiger partial charge on any atom is -0.467 e. The van der Waals surface area contributed by atoms with Crippen LogP contribution in [-0.2, 0) is 11.8 Å². The molecule has 3 aromatic heterocycles. The SMILES string of the molecule is COc1ncc(Nc2cc3c(cn2)n(C)c(=O)n3C2CCOCC2)c(C)n1. The molecule has 9 heteroatoms. The smallest absolute Gasteiger partial charge is 0.329 e. The van der Waals surface area contributed by atoms with E-state index >= 15 is 0 Å². The molecule has 9 nitrogen and oxygen atoms in total. The van der Waals surface area contributed by atoms with E-state index < -0.39 is 0 Å². The van der Waals surface area contributed by atoms with Gasteiger partial charge in [0, 0.05) is 32.4 Å². The van der Waals surface area contributed by atoms with Gasteiger partial charge >= 0.3 is 11.7 Å². The van der Waals surface area contributed by atoms with E-state index in [-0.39, 0.29) is 11.7 Å². The third-order valence-electron chi connectivity index (χ3n) is 4.93. The first kappa shape index (κ1) is 17.5. The summed E-state index contributed by atoms with van der Waals surface area (Å²) < 4.78 is 14.0. The molecule has 0 saturated carbocycles. The molecule has 0 spiro atoms. The zero-order valence-corrected chi connectivity index (χ0v) is 15.6. The molecule has 0 radical (unpaired) electrons. The van der Waals surface area contributed by atoms with Crippen molar-refractivity contribution in [2.24, 2.45) is 7.05 Å². The Morgan fingerprint density at radius 2 is 2.00 bits per heavy atom. The molecular weight excluding hydrogens is 348 g/mol. The highest BCUT2D eigenvalue weighted by molar-refractivity contribution is 5.79. The number of methoxy groups -OCH3 is 1. The van der Waals surface area contributed by atoms with Crippen LogP contribution in [0, 0.1) is 6.92 Å². The fraction of sp³-hybridized carbons (Fsp3) is 0.444. The van der Waals surface area contributed by atoms with E-state index in [2.05, 4.69) is 20.3 Å². The predicted molar refractivity (Wildman–Crippen MR) is 101 cm³/mol. The average molecular weight is 370 g/mol. The Kier molecular flexibility index (Phi) is 4.53. The lowest BCUT2D eigenvalue weighted by molar-refractivity contribution is 0.0696. The number of rotatable bonds is 4. The van der Waals surface area contributed by atoms with Crippen molar-refractivity contribution in [2.75, 3.05) is 25.6 Å². The zero-order valence-electron chi connectivity index (χ0n) is 15.6. The molecule has 0 unspecified atom stereocenters. The van der Waals surface area contributed by atoms with E-state index in [1.54, 1.807) is 24.0 Å². The van der Waals surface area contributed by atoms with E-state index in [1.807, 2.05) is 17.6 Å². The highest BCUT2D eigenvalue weighted by Gasteiger charge is 2.22. The number of aryl methyl sites for hydroxylation is 2. The van der Waals surface area contributed by atoms with Gasteiger partial charge in [-0.15, -0.1) is 0 Å². The molecule has 1 fully saturated rings. The largest absolute Gasteiger partial charge is 0.467 e. The van der Waals surface area contributed by atoms with Crippen LogP contribution in [0.4, 0.5) is 11.5 Å². The van der Waals surface area contributed by atoms with E-state index in [0.717, 1.165) is 35.3 Å². The molecule has 0 amide bonds. The number of pyridine rings is 1. The minimum absolute atomic E-state index is 0.0280. The number of nitrogens with one attached hydrogen (secondary N) is 1. The van der Waals surface area contributed by atoms with Gasteiger partial charge in [-0.25, -0.2) is 14.8 Å². The van der Waals surface area contributed by atoms with Crippen LogP contribution in [0.15, 0.2) is 23.3 Å². The molecule has 0 aliphatic carbocycles. The number of ether oxygens (including phenoxy) is 2. The Morgan fingerprint density at radius 1 is 1.22 bits per heavy atom. The molecule has 0 bridgehead atoms. The van der Waals surface area contributed by atoms with Gasteiger partial charge in [-0.1, -0.05) is 0 Å². The Balaban J connectivity index is 1.74. The zero-order chi connectivity index (χ0) is 19.0. The van der Waals surface area contributed by atoms with Crippen LogP contribution in [0.5, 0.6) is 6.01 Å². The van der Waals surface area contributed by atoms with Crippen molar-refractivity contribution in [1.29, 1.82) is 0 Å². The van der Waals surface area contributed by atoms with Gasteiger partial charge in [0.2, 0.25) is 0 Å². The maximum atomic E-state index is 12.8. The van der Waals surface area contributed by atoms with Crippen LogP contribution in [-0.4, -0.2) is 44.4 Å². The van der Waals surface area contributed by atoms with Gasteiger partial charge in [-0.3, -0.25) is 9.13 Å². The molecule has 1 aliphatic heterocycles. The summed E-state index contributed by atoms with van der Waals surface area (Å²) in [5.74, 6) is 0.630. The molecule has 27 heavy (non-hydrogen) atoms. The van der Waals surface area contributed by atoms with Gasteiger partial charge in [0.1, 0.15) is 5.82 Å². The molecule has 4 heterocycles. The van der Waals surface area contributed by atoms with Gasteiger partial charge < -0.3 is 14.8 Å². The van der Waals surface area contributed by atoms with Crippen LogP contribution >= 0.6 is 0 Å².